The molecule has 0 aliphatic carbocycles. The topological polar surface area (TPSA) is 29.5 Å². The molecule has 0 aliphatic rings. The van der Waals surface area contributed by atoms with Crippen molar-refractivity contribution in [2.24, 2.45) is 0 Å². The molecule has 3 nitrogen and oxygen atoms in total. The lowest BCUT2D eigenvalue weighted by atomic mass is 9.94. The molecular formula is C58H37NO2. The number of fused-ring (bicyclic) bond motifs is 7. The number of hydrogen-bond donors (Lipinski definition) is 0. The van der Waals surface area contributed by atoms with Gasteiger partial charge in [0.2, 0.25) is 0 Å². The summed E-state index contributed by atoms with van der Waals surface area (Å²) in [5.41, 5.74) is 16.1. The highest BCUT2D eigenvalue weighted by Crippen LogP contribution is 2.44. The van der Waals surface area contributed by atoms with Crippen molar-refractivity contribution >= 4 is 71.7 Å². The lowest BCUT2D eigenvalue weighted by Crippen LogP contribution is -2.10. The maximum atomic E-state index is 6.26. The lowest BCUT2D eigenvalue weighted by molar-refractivity contribution is 0.668. The van der Waals surface area contributed by atoms with Crippen LogP contribution in [0.1, 0.15) is 0 Å². The second-order valence-electron chi connectivity index (χ2n) is 15.7. The van der Waals surface area contributed by atoms with E-state index in [1.54, 1.807) is 0 Å². The molecule has 0 N–H and O–H groups in total. The Morgan fingerprint density at radius 2 is 0.639 bits per heavy atom. The van der Waals surface area contributed by atoms with Crippen molar-refractivity contribution in [2.75, 3.05) is 4.90 Å². The molecular weight excluding hydrogens is 743 g/mol. The van der Waals surface area contributed by atoms with Gasteiger partial charge in [-0.15, -0.1) is 0 Å². The van der Waals surface area contributed by atoms with E-state index in [0.29, 0.717) is 0 Å². The first-order valence-electron chi connectivity index (χ1n) is 20.7. The van der Waals surface area contributed by atoms with Crippen molar-refractivity contribution in [3.63, 3.8) is 0 Å². The van der Waals surface area contributed by atoms with Crippen LogP contribution < -0.4 is 4.90 Å². The zero-order valence-corrected chi connectivity index (χ0v) is 33.1. The molecule has 0 bridgehead atoms. The quantitative estimate of drug-likeness (QED) is 0.161. The summed E-state index contributed by atoms with van der Waals surface area (Å²) in [4.78, 5) is 2.38. The van der Waals surface area contributed by atoms with Gasteiger partial charge in [0, 0.05) is 38.3 Å². The normalized spacial score (nSPS) is 11.6. The second kappa shape index (κ2) is 14.3. The van der Waals surface area contributed by atoms with Gasteiger partial charge in [0.1, 0.15) is 22.3 Å². The van der Waals surface area contributed by atoms with Gasteiger partial charge in [-0.3, -0.25) is 0 Å². The Morgan fingerprint density at radius 1 is 0.246 bits per heavy atom. The van der Waals surface area contributed by atoms with Gasteiger partial charge in [-0.05, 0) is 117 Å². The van der Waals surface area contributed by atoms with Crippen LogP contribution >= 0.6 is 0 Å². The molecule has 12 aromatic rings. The molecule has 2 aromatic heterocycles. The molecule has 0 spiro atoms. The van der Waals surface area contributed by atoms with Crippen LogP contribution in [-0.4, -0.2) is 0 Å². The molecule has 0 unspecified atom stereocenters. The summed E-state index contributed by atoms with van der Waals surface area (Å²) < 4.78 is 12.5. The number of benzene rings is 10. The van der Waals surface area contributed by atoms with Crippen molar-refractivity contribution in [1.82, 2.24) is 0 Å². The summed E-state index contributed by atoms with van der Waals surface area (Å²) in [5.74, 6) is 0. The van der Waals surface area contributed by atoms with E-state index in [9.17, 15) is 0 Å². The Balaban J connectivity index is 0.954. The molecule has 0 saturated heterocycles. The molecule has 10 aromatic carbocycles. The Hall–Kier alpha value is -8.14. The molecule has 286 valence electrons. The van der Waals surface area contributed by atoms with E-state index in [0.717, 1.165) is 83.2 Å². The van der Waals surface area contributed by atoms with Gasteiger partial charge in [-0.1, -0.05) is 158 Å². The number of para-hydroxylation sites is 2. The Kier molecular flexibility index (Phi) is 8.17. The number of rotatable bonds is 7. The first kappa shape index (κ1) is 34.9. The first-order valence-corrected chi connectivity index (χ1v) is 20.7. The predicted octanol–water partition coefficient (Wildman–Crippen LogP) is 16.8. The number of nitrogens with zero attached hydrogens (tertiary/aromatic N) is 1. The van der Waals surface area contributed by atoms with Crippen molar-refractivity contribution < 1.29 is 8.83 Å². The fourth-order valence-corrected chi connectivity index (χ4v) is 9.05. The van der Waals surface area contributed by atoms with Crippen LogP contribution in [0.5, 0.6) is 0 Å². The summed E-state index contributed by atoms with van der Waals surface area (Å²) in [6.45, 7) is 0. The molecule has 2 heterocycles. The van der Waals surface area contributed by atoms with Gasteiger partial charge in [0.25, 0.3) is 0 Å². The minimum absolute atomic E-state index is 0.894. The van der Waals surface area contributed by atoms with E-state index in [4.69, 9.17) is 8.83 Å². The Bertz CT molecular complexity index is 3400. The van der Waals surface area contributed by atoms with Crippen molar-refractivity contribution in [2.45, 2.75) is 0 Å². The van der Waals surface area contributed by atoms with E-state index in [1.165, 1.54) is 33.0 Å². The van der Waals surface area contributed by atoms with Gasteiger partial charge < -0.3 is 13.7 Å². The molecule has 0 atom stereocenters. The Morgan fingerprint density at radius 3 is 1.20 bits per heavy atom. The summed E-state index contributed by atoms with van der Waals surface area (Å²) in [6, 6.07) is 80.1. The zero-order valence-electron chi connectivity index (χ0n) is 33.1. The minimum atomic E-state index is 0.894. The fourth-order valence-electron chi connectivity index (χ4n) is 9.05. The predicted molar refractivity (Wildman–Crippen MR) is 255 cm³/mol. The number of furan rings is 2. The molecule has 0 fully saturated rings. The third-order valence-electron chi connectivity index (χ3n) is 12.1. The number of hydrogen-bond acceptors (Lipinski definition) is 3. The van der Waals surface area contributed by atoms with E-state index in [1.807, 2.05) is 24.3 Å². The molecule has 12 rings (SSSR count). The highest BCUT2D eigenvalue weighted by molar-refractivity contribution is 6.08. The van der Waals surface area contributed by atoms with Gasteiger partial charge >= 0.3 is 0 Å². The summed E-state index contributed by atoms with van der Waals surface area (Å²) >= 11 is 0. The summed E-state index contributed by atoms with van der Waals surface area (Å²) in [6.07, 6.45) is 0. The fraction of sp³-hybridized carbons (Fsp3) is 0. The maximum Gasteiger partial charge on any atom is 0.136 e. The van der Waals surface area contributed by atoms with Crippen molar-refractivity contribution in [3.05, 3.63) is 224 Å². The molecule has 0 saturated carbocycles. The lowest BCUT2D eigenvalue weighted by Gasteiger charge is -2.28. The van der Waals surface area contributed by atoms with E-state index >= 15 is 0 Å². The van der Waals surface area contributed by atoms with Crippen LogP contribution in [0.15, 0.2) is 233 Å². The van der Waals surface area contributed by atoms with Crippen molar-refractivity contribution in [3.8, 4) is 44.5 Å². The van der Waals surface area contributed by atoms with Crippen LogP contribution in [-0.2, 0) is 0 Å². The molecule has 0 amide bonds. The highest BCUT2D eigenvalue weighted by Gasteiger charge is 2.19. The van der Waals surface area contributed by atoms with Crippen LogP contribution in [0.3, 0.4) is 0 Å². The molecule has 3 heteroatoms. The average Bonchev–Trinajstić information content (AvgIpc) is 3.90. The molecule has 61 heavy (non-hydrogen) atoms. The van der Waals surface area contributed by atoms with E-state index in [2.05, 4.69) is 205 Å². The smallest absolute Gasteiger partial charge is 0.136 e. The van der Waals surface area contributed by atoms with E-state index in [-0.39, 0.29) is 0 Å². The number of anilines is 3. The van der Waals surface area contributed by atoms with Crippen LogP contribution in [0.4, 0.5) is 17.1 Å². The Labute approximate surface area is 353 Å². The zero-order chi connectivity index (χ0) is 40.3. The maximum absolute atomic E-state index is 6.26. The third-order valence-corrected chi connectivity index (χ3v) is 12.1. The third kappa shape index (κ3) is 6.06. The van der Waals surface area contributed by atoms with Crippen LogP contribution in [0, 0.1) is 0 Å². The minimum Gasteiger partial charge on any atom is -0.456 e. The van der Waals surface area contributed by atoms with Crippen LogP contribution in [0.2, 0.25) is 0 Å². The monoisotopic (exact) mass is 779 g/mol. The summed E-state index contributed by atoms with van der Waals surface area (Å²) in [7, 11) is 0. The SMILES string of the molecule is c1ccc(-c2ccc(-c3ccc(N(c4ccc(-c5ccc6c(c5)oc5ccccc56)cc4)c4ccc(-c5ccc6c(c5)oc5ccccc56)cc4)c4ccccc34)cc2)cc1. The standard InChI is InChI=1S/C58H37NO2/c1-2-10-38(11-3-1)39-18-20-42(21-19-39)47-34-35-54(49-13-5-4-12-48(47)49)59(45-28-22-40(23-29-45)43-26-32-52-50-14-6-8-16-55(50)60-57(52)36-43)46-30-24-41(25-31-46)44-27-33-53-51-15-7-9-17-56(51)61-58(53)37-44/h1-37H. The van der Waals surface area contributed by atoms with Crippen LogP contribution in [0.25, 0.3) is 99.2 Å². The first-order chi connectivity index (χ1) is 30.2. The van der Waals surface area contributed by atoms with Gasteiger partial charge in [-0.2, -0.15) is 0 Å². The second-order valence-corrected chi connectivity index (χ2v) is 15.7. The molecule has 0 radical (unpaired) electrons. The van der Waals surface area contributed by atoms with Gasteiger partial charge in [-0.25, -0.2) is 0 Å². The van der Waals surface area contributed by atoms with Gasteiger partial charge in [0.15, 0.2) is 0 Å². The average molecular weight is 780 g/mol. The largest absolute Gasteiger partial charge is 0.456 e. The van der Waals surface area contributed by atoms with E-state index < -0.39 is 0 Å². The molecule has 0 aliphatic heterocycles. The highest BCUT2D eigenvalue weighted by atomic mass is 16.3. The summed E-state index contributed by atoms with van der Waals surface area (Å²) in [5, 5.41) is 6.91. The van der Waals surface area contributed by atoms with Gasteiger partial charge in [0.05, 0.1) is 5.69 Å². The van der Waals surface area contributed by atoms with Crippen molar-refractivity contribution in [1.29, 1.82) is 0 Å².